The van der Waals surface area contributed by atoms with Gasteiger partial charge in [-0.2, -0.15) is 13.2 Å². The average Bonchev–Trinajstić information content (AvgIpc) is 2.46. The Morgan fingerprint density at radius 2 is 1.73 bits per heavy atom. The molecule has 0 bridgehead atoms. The summed E-state index contributed by atoms with van der Waals surface area (Å²) in [6.45, 7) is 0. The van der Waals surface area contributed by atoms with Gasteiger partial charge < -0.3 is 5.32 Å². The summed E-state index contributed by atoms with van der Waals surface area (Å²) >= 11 is 3.32. The van der Waals surface area contributed by atoms with E-state index >= 15 is 0 Å². The van der Waals surface area contributed by atoms with E-state index in [0.717, 1.165) is 4.47 Å². The second-order valence-corrected chi connectivity index (χ2v) is 5.46. The van der Waals surface area contributed by atoms with E-state index in [2.05, 4.69) is 31.2 Å². The SMILES string of the molecule is FC(F)(F)c1nc(Nc2cccc(Br)c2)c2ccccc2n1. The Labute approximate surface area is 132 Å². The van der Waals surface area contributed by atoms with Gasteiger partial charge in [-0.1, -0.05) is 34.1 Å². The number of aromatic nitrogens is 2. The van der Waals surface area contributed by atoms with Gasteiger partial charge in [0.25, 0.3) is 0 Å². The molecule has 0 aliphatic carbocycles. The van der Waals surface area contributed by atoms with E-state index in [1.54, 1.807) is 36.4 Å². The van der Waals surface area contributed by atoms with Crippen molar-refractivity contribution in [3.8, 4) is 0 Å². The van der Waals surface area contributed by atoms with Gasteiger partial charge in [-0.3, -0.25) is 0 Å². The molecule has 22 heavy (non-hydrogen) atoms. The lowest BCUT2D eigenvalue weighted by Crippen LogP contribution is -2.12. The van der Waals surface area contributed by atoms with Crippen LogP contribution in [0.4, 0.5) is 24.7 Å². The quantitative estimate of drug-likeness (QED) is 0.680. The highest BCUT2D eigenvalue weighted by Crippen LogP contribution is 2.31. The van der Waals surface area contributed by atoms with Gasteiger partial charge in [-0.15, -0.1) is 0 Å². The van der Waals surface area contributed by atoms with Gasteiger partial charge in [0, 0.05) is 15.5 Å². The van der Waals surface area contributed by atoms with Crippen molar-refractivity contribution >= 4 is 38.3 Å². The number of fused-ring (bicyclic) bond motifs is 1. The Morgan fingerprint density at radius 3 is 2.45 bits per heavy atom. The zero-order valence-corrected chi connectivity index (χ0v) is 12.6. The first-order chi connectivity index (χ1) is 10.4. The van der Waals surface area contributed by atoms with E-state index in [0.29, 0.717) is 11.1 Å². The van der Waals surface area contributed by atoms with Crippen LogP contribution in [0.5, 0.6) is 0 Å². The van der Waals surface area contributed by atoms with Crippen LogP contribution < -0.4 is 5.32 Å². The third kappa shape index (κ3) is 3.04. The second kappa shape index (κ2) is 5.57. The normalized spacial score (nSPS) is 11.6. The Morgan fingerprint density at radius 1 is 0.955 bits per heavy atom. The summed E-state index contributed by atoms with van der Waals surface area (Å²) in [5.41, 5.74) is 0.869. The fourth-order valence-corrected chi connectivity index (χ4v) is 2.40. The molecule has 3 aromatic rings. The molecule has 3 nitrogen and oxygen atoms in total. The van der Waals surface area contributed by atoms with Crippen LogP contribution in [-0.4, -0.2) is 9.97 Å². The van der Waals surface area contributed by atoms with Crippen LogP contribution in [-0.2, 0) is 6.18 Å². The number of benzene rings is 2. The molecule has 0 saturated heterocycles. The highest BCUT2D eigenvalue weighted by atomic mass is 79.9. The van der Waals surface area contributed by atoms with Crippen LogP contribution in [0.15, 0.2) is 53.0 Å². The Bertz CT molecular complexity index is 834. The third-order valence-electron chi connectivity index (χ3n) is 2.94. The van der Waals surface area contributed by atoms with Crippen molar-refractivity contribution in [1.82, 2.24) is 9.97 Å². The maximum Gasteiger partial charge on any atom is 0.451 e. The van der Waals surface area contributed by atoms with Gasteiger partial charge in [-0.05, 0) is 30.3 Å². The van der Waals surface area contributed by atoms with Crippen molar-refractivity contribution < 1.29 is 13.2 Å². The number of hydrogen-bond donors (Lipinski definition) is 1. The average molecular weight is 368 g/mol. The van der Waals surface area contributed by atoms with Gasteiger partial charge in [0.05, 0.1) is 5.52 Å². The molecular weight excluding hydrogens is 359 g/mol. The summed E-state index contributed by atoms with van der Waals surface area (Å²) in [6.07, 6.45) is -4.60. The molecule has 0 radical (unpaired) electrons. The van der Waals surface area contributed by atoms with Gasteiger partial charge >= 0.3 is 6.18 Å². The summed E-state index contributed by atoms with van der Waals surface area (Å²) in [4.78, 5) is 7.22. The van der Waals surface area contributed by atoms with E-state index < -0.39 is 12.0 Å². The number of hydrogen-bond acceptors (Lipinski definition) is 3. The fourth-order valence-electron chi connectivity index (χ4n) is 2.00. The zero-order chi connectivity index (χ0) is 15.7. The van der Waals surface area contributed by atoms with Crippen LogP contribution in [0, 0.1) is 0 Å². The van der Waals surface area contributed by atoms with Crippen molar-refractivity contribution in [3.05, 3.63) is 58.8 Å². The molecule has 3 rings (SSSR count). The minimum Gasteiger partial charge on any atom is -0.340 e. The molecule has 1 heterocycles. The molecule has 7 heteroatoms. The summed E-state index contributed by atoms with van der Waals surface area (Å²) in [6, 6.07) is 13.7. The van der Waals surface area contributed by atoms with E-state index in [9.17, 15) is 13.2 Å². The van der Waals surface area contributed by atoms with Crippen LogP contribution in [0.3, 0.4) is 0 Å². The van der Waals surface area contributed by atoms with Crippen molar-refractivity contribution in [2.45, 2.75) is 6.18 Å². The molecule has 0 spiro atoms. The first-order valence-corrected chi connectivity index (χ1v) is 7.09. The summed E-state index contributed by atoms with van der Waals surface area (Å²) in [7, 11) is 0. The van der Waals surface area contributed by atoms with Crippen LogP contribution >= 0.6 is 15.9 Å². The molecule has 1 N–H and O–H groups in total. The van der Waals surface area contributed by atoms with Crippen molar-refractivity contribution in [2.75, 3.05) is 5.32 Å². The first kappa shape index (κ1) is 14.8. The molecular formula is C15H9BrF3N3. The summed E-state index contributed by atoms with van der Waals surface area (Å²) in [5.74, 6) is -1.04. The summed E-state index contributed by atoms with van der Waals surface area (Å²) < 4.78 is 39.6. The van der Waals surface area contributed by atoms with Crippen molar-refractivity contribution in [1.29, 1.82) is 0 Å². The van der Waals surface area contributed by atoms with E-state index in [4.69, 9.17) is 0 Å². The fraction of sp³-hybridized carbons (Fsp3) is 0.0667. The highest BCUT2D eigenvalue weighted by Gasteiger charge is 2.35. The highest BCUT2D eigenvalue weighted by molar-refractivity contribution is 9.10. The van der Waals surface area contributed by atoms with Crippen molar-refractivity contribution in [3.63, 3.8) is 0 Å². The second-order valence-electron chi connectivity index (χ2n) is 4.55. The van der Waals surface area contributed by atoms with Crippen LogP contribution in [0.1, 0.15) is 5.82 Å². The Hall–Kier alpha value is -2.15. The molecule has 1 aromatic heterocycles. The molecule has 0 amide bonds. The first-order valence-electron chi connectivity index (χ1n) is 6.30. The lowest BCUT2D eigenvalue weighted by Gasteiger charge is -2.12. The Balaban J connectivity index is 2.14. The largest absolute Gasteiger partial charge is 0.451 e. The molecule has 2 aromatic carbocycles. The number of anilines is 2. The lowest BCUT2D eigenvalue weighted by atomic mass is 10.2. The van der Waals surface area contributed by atoms with Gasteiger partial charge in [0.2, 0.25) is 5.82 Å². The number of rotatable bonds is 2. The van der Waals surface area contributed by atoms with Gasteiger partial charge in [0.1, 0.15) is 5.82 Å². The minimum atomic E-state index is -4.60. The van der Waals surface area contributed by atoms with Gasteiger partial charge in [0.15, 0.2) is 0 Å². The van der Waals surface area contributed by atoms with Gasteiger partial charge in [-0.25, -0.2) is 9.97 Å². The number of nitrogens with one attached hydrogen (secondary N) is 1. The maximum absolute atomic E-state index is 12.9. The smallest absolute Gasteiger partial charge is 0.340 e. The molecule has 112 valence electrons. The van der Waals surface area contributed by atoms with E-state index in [1.165, 1.54) is 6.07 Å². The topological polar surface area (TPSA) is 37.8 Å². The maximum atomic E-state index is 12.9. The monoisotopic (exact) mass is 367 g/mol. The molecule has 0 unspecified atom stereocenters. The molecule has 0 atom stereocenters. The number of nitrogens with zero attached hydrogens (tertiary/aromatic N) is 2. The number of halogens is 4. The lowest BCUT2D eigenvalue weighted by molar-refractivity contribution is -0.144. The number of para-hydroxylation sites is 1. The van der Waals surface area contributed by atoms with Crippen LogP contribution in [0.2, 0.25) is 0 Å². The van der Waals surface area contributed by atoms with Crippen molar-refractivity contribution in [2.24, 2.45) is 0 Å². The molecule has 0 fully saturated rings. The molecule has 0 saturated carbocycles. The number of alkyl halides is 3. The summed E-state index contributed by atoms with van der Waals surface area (Å²) in [5, 5.41) is 3.44. The minimum absolute atomic E-state index is 0.121. The van der Waals surface area contributed by atoms with E-state index in [1.807, 2.05) is 6.07 Å². The van der Waals surface area contributed by atoms with Crippen LogP contribution in [0.25, 0.3) is 10.9 Å². The van der Waals surface area contributed by atoms with E-state index in [-0.39, 0.29) is 11.3 Å². The third-order valence-corrected chi connectivity index (χ3v) is 3.44. The zero-order valence-electron chi connectivity index (χ0n) is 11.0. The predicted octanol–water partition coefficient (Wildman–Crippen LogP) is 5.15. The predicted molar refractivity (Wildman–Crippen MR) is 82.0 cm³/mol. The molecule has 0 aliphatic rings. The standard InChI is InChI=1S/C15H9BrF3N3/c16-9-4-3-5-10(8-9)20-13-11-6-1-2-7-12(11)21-14(22-13)15(17,18)19/h1-8H,(H,20,21,22). The Kier molecular flexibility index (Phi) is 3.74. The molecule has 0 aliphatic heterocycles.